The van der Waals surface area contributed by atoms with E-state index in [0.717, 1.165) is 19.3 Å². The number of ether oxygens (including phenoxy) is 1. The SMILES string of the molecule is CCCOC[Si]1(C)CCC=CCC1. The van der Waals surface area contributed by atoms with Gasteiger partial charge < -0.3 is 4.74 Å². The van der Waals surface area contributed by atoms with Gasteiger partial charge in [-0.1, -0.05) is 37.7 Å². The number of hydrogen-bond acceptors (Lipinski definition) is 1. The second kappa shape index (κ2) is 5.61. The minimum Gasteiger partial charge on any atom is -0.385 e. The van der Waals surface area contributed by atoms with Crippen LogP contribution in [0, 0.1) is 0 Å². The fourth-order valence-corrected chi connectivity index (χ4v) is 4.73. The van der Waals surface area contributed by atoms with Gasteiger partial charge in [0.1, 0.15) is 0 Å². The van der Waals surface area contributed by atoms with E-state index in [2.05, 4.69) is 25.6 Å². The van der Waals surface area contributed by atoms with Crippen LogP contribution in [0.5, 0.6) is 0 Å². The Bertz CT molecular complexity index is 155. The average molecular weight is 198 g/mol. The van der Waals surface area contributed by atoms with Crippen LogP contribution >= 0.6 is 0 Å². The summed E-state index contributed by atoms with van der Waals surface area (Å²) in [6.07, 6.45) is 9.51. The van der Waals surface area contributed by atoms with Gasteiger partial charge >= 0.3 is 0 Å². The van der Waals surface area contributed by atoms with Gasteiger partial charge in [-0.2, -0.15) is 0 Å². The minimum atomic E-state index is -1.01. The molecule has 0 amide bonds. The molecule has 0 bridgehead atoms. The molecule has 1 nitrogen and oxygen atoms in total. The van der Waals surface area contributed by atoms with E-state index in [4.69, 9.17) is 4.74 Å². The van der Waals surface area contributed by atoms with Gasteiger partial charge in [0, 0.05) is 12.8 Å². The molecule has 0 unspecified atom stereocenters. The van der Waals surface area contributed by atoms with Crippen LogP contribution in [0.25, 0.3) is 0 Å². The molecule has 1 rings (SSSR count). The first kappa shape index (κ1) is 11.0. The van der Waals surface area contributed by atoms with Gasteiger partial charge in [-0.3, -0.25) is 0 Å². The highest BCUT2D eigenvalue weighted by Crippen LogP contribution is 2.23. The van der Waals surface area contributed by atoms with Crippen molar-refractivity contribution in [3.8, 4) is 0 Å². The van der Waals surface area contributed by atoms with Gasteiger partial charge in [-0.05, 0) is 19.3 Å². The Kier molecular flexibility index (Phi) is 4.74. The quantitative estimate of drug-likeness (QED) is 0.382. The standard InChI is InChI=1S/C11H22OSi/c1-3-8-12-11-13(2)9-6-4-5-7-10-13/h4-5H,3,6-11H2,1-2H3. The molecule has 1 heterocycles. The summed E-state index contributed by atoms with van der Waals surface area (Å²) in [5.74, 6) is 0. The van der Waals surface area contributed by atoms with Crippen molar-refractivity contribution in [2.45, 2.75) is 44.8 Å². The first-order chi connectivity index (χ1) is 6.27. The average Bonchev–Trinajstić information content (AvgIpc) is 2.31. The maximum Gasteiger partial charge on any atom is 0.0812 e. The van der Waals surface area contributed by atoms with Gasteiger partial charge in [0.25, 0.3) is 0 Å². The van der Waals surface area contributed by atoms with Crippen molar-refractivity contribution in [3.05, 3.63) is 12.2 Å². The molecular formula is C11H22OSi. The third-order valence-corrected chi connectivity index (χ3v) is 6.69. The molecule has 0 aromatic heterocycles. The Balaban J connectivity index is 2.27. The molecule has 13 heavy (non-hydrogen) atoms. The van der Waals surface area contributed by atoms with Crippen LogP contribution < -0.4 is 0 Å². The van der Waals surface area contributed by atoms with E-state index in [1.807, 2.05) is 0 Å². The highest BCUT2D eigenvalue weighted by atomic mass is 28.3. The lowest BCUT2D eigenvalue weighted by atomic mass is 10.4. The predicted molar refractivity (Wildman–Crippen MR) is 60.7 cm³/mol. The van der Waals surface area contributed by atoms with E-state index in [9.17, 15) is 0 Å². The van der Waals surface area contributed by atoms with Crippen molar-refractivity contribution in [1.82, 2.24) is 0 Å². The van der Waals surface area contributed by atoms with E-state index < -0.39 is 8.07 Å². The molecule has 1 aliphatic rings. The van der Waals surface area contributed by atoms with Crippen molar-refractivity contribution in [2.75, 3.05) is 12.8 Å². The lowest BCUT2D eigenvalue weighted by molar-refractivity contribution is 0.172. The first-order valence-corrected chi connectivity index (χ1v) is 8.62. The van der Waals surface area contributed by atoms with Crippen LogP contribution in [-0.2, 0) is 4.74 Å². The third kappa shape index (κ3) is 4.10. The summed E-state index contributed by atoms with van der Waals surface area (Å²) in [5.41, 5.74) is 0. The smallest absolute Gasteiger partial charge is 0.0812 e. The molecule has 0 spiro atoms. The molecule has 76 valence electrons. The van der Waals surface area contributed by atoms with E-state index in [-0.39, 0.29) is 0 Å². The summed E-state index contributed by atoms with van der Waals surface area (Å²) in [6.45, 7) is 5.63. The number of rotatable bonds is 4. The summed E-state index contributed by atoms with van der Waals surface area (Å²) in [7, 11) is -1.01. The number of allylic oxidation sites excluding steroid dienone is 2. The van der Waals surface area contributed by atoms with E-state index in [1.54, 1.807) is 0 Å². The van der Waals surface area contributed by atoms with Crippen LogP contribution in [0.2, 0.25) is 18.6 Å². The predicted octanol–water partition coefficient (Wildman–Crippen LogP) is 3.38. The summed E-state index contributed by atoms with van der Waals surface area (Å²) in [5, 5.41) is 0. The molecule has 0 N–H and O–H groups in total. The zero-order chi connectivity index (χ0) is 9.57. The molecule has 0 fully saturated rings. The van der Waals surface area contributed by atoms with Crippen molar-refractivity contribution in [1.29, 1.82) is 0 Å². The monoisotopic (exact) mass is 198 g/mol. The summed E-state index contributed by atoms with van der Waals surface area (Å²) in [6, 6.07) is 2.85. The molecule has 0 atom stereocenters. The second-order valence-electron chi connectivity index (χ2n) is 4.41. The summed E-state index contributed by atoms with van der Waals surface area (Å²) >= 11 is 0. The summed E-state index contributed by atoms with van der Waals surface area (Å²) < 4.78 is 5.71. The zero-order valence-electron chi connectivity index (χ0n) is 9.01. The van der Waals surface area contributed by atoms with E-state index in [0.29, 0.717) is 0 Å². The lowest BCUT2D eigenvalue weighted by Gasteiger charge is -2.25. The van der Waals surface area contributed by atoms with E-state index >= 15 is 0 Å². The van der Waals surface area contributed by atoms with Crippen molar-refractivity contribution >= 4 is 8.07 Å². The fraction of sp³-hybridized carbons (Fsp3) is 0.818. The van der Waals surface area contributed by atoms with Crippen molar-refractivity contribution < 1.29 is 4.74 Å². The van der Waals surface area contributed by atoms with Crippen molar-refractivity contribution in [3.63, 3.8) is 0 Å². The topological polar surface area (TPSA) is 9.23 Å². The van der Waals surface area contributed by atoms with Gasteiger partial charge in [0.2, 0.25) is 0 Å². The molecule has 0 radical (unpaired) electrons. The Morgan fingerprint density at radius 1 is 1.23 bits per heavy atom. The highest BCUT2D eigenvalue weighted by Gasteiger charge is 2.26. The maximum atomic E-state index is 5.71. The lowest BCUT2D eigenvalue weighted by Crippen LogP contribution is -2.35. The van der Waals surface area contributed by atoms with Gasteiger partial charge in [0.15, 0.2) is 0 Å². The van der Waals surface area contributed by atoms with Crippen LogP contribution in [0.15, 0.2) is 12.2 Å². The van der Waals surface area contributed by atoms with Crippen LogP contribution in [0.4, 0.5) is 0 Å². The first-order valence-electron chi connectivity index (χ1n) is 5.49. The van der Waals surface area contributed by atoms with Crippen LogP contribution in [0.3, 0.4) is 0 Å². The van der Waals surface area contributed by atoms with Crippen LogP contribution in [-0.4, -0.2) is 20.9 Å². The molecular weight excluding hydrogens is 176 g/mol. The molecule has 0 aliphatic carbocycles. The molecule has 1 aliphatic heterocycles. The fourth-order valence-electron chi connectivity index (χ4n) is 1.83. The molecule has 0 aromatic rings. The Hall–Kier alpha value is -0.0831. The maximum absolute atomic E-state index is 5.71. The zero-order valence-corrected chi connectivity index (χ0v) is 10.0. The summed E-state index contributed by atoms with van der Waals surface area (Å²) in [4.78, 5) is 0. The molecule has 2 heteroatoms. The molecule has 0 saturated heterocycles. The normalized spacial score (nSPS) is 21.4. The molecule has 0 saturated carbocycles. The second-order valence-corrected chi connectivity index (χ2v) is 9.32. The minimum absolute atomic E-state index is 0.954. The van der Waals surface area contributed by atoms with Gasteiger partial charge in [-0.15, -0.1) is 0 Å². The van der Waals surface area contributed by atoms with Gasteiger partial charge in [0.05, 0.1) is 8.07 Å². The van der Waals surface area contributed by atoms with Crippen LogP contribution in [0.1, 0.15) is 26.2 Å². The van der Waals surface area contributed by atoms with Crippen molar-refractivity contribution in [2.24, 2.45) is 0 Å². The number of hydrogen-bond donors (Lipinski definition) is 0. The largest absolute Gasteiger partial charge is 0.385 e. The Morgan fingerprint density at radius 2 is 1.85 bits per heavy atom. The highest BCUT2D eigenvalue weighted by molar-refractivity contribution is 6.78. The van der Waals surface area contributed by atoms with Gasteiger partial charge in [-0.25, -0.2) is 0 Å². The molecule has 0 aromatic carbocycles. The Labute approximate surface area is 83.2 Å². The van der Waals surface area contributed by atoms with E-state index in [1.165, 1.54) is 24.9 Å². The third-order valence-electron chi connectivity index (χ3n) is 2.79. The Morgan fingerprint density at radius 3 is 2.38 bits per heavy atom.